The lowest BCUT2D eigenvalue weighted by Crippen LogP contribution is -2.11. The van der Waals surface area contributed by atoms with Crippen LogP contribution in [0.15, 0.2) is 72.8 Å². The zero-order valence-corrected chi connectivity index (χ0v) is 32.5. The van der Waals surface area contributed by atoms with Gasteiger partial charge in [0, 0.05) is 43.8 Å². The second-order valence-corrected chi connectivity index (χ2v) is 17.6. The Labute approximate surface area is 318 Å². The van der Waals surface area contributed by atoms with E-state index in [1.807, 2.05) is 12.1 Å². The summed E-state index contributed by atoms with van der Waals surface area (Å²) in [5.41, 5.74) is 8.38. The molecule has 5 heterocycles. The van der Waals surface area contributed by atoms with Crippen LogP contribution in [-0.2, 0) is 16.2 Å². The number of fused-ring (bicyclic) bond motifs is 20. The maximum Gasteiger partial charge on any atom is 0.335 e. The molecule has 2 aliphatic heterocycles. The van der Waals surface area contributed by atoms with Crippen LogP contribution < -0.4 is 0 Å². The molecule has 2 aliphatic rings. The summed E-state index contributed by atoms with van der Waals surface area (Å²) in [6.07, 6.45) is 0. The molecule has 0 radical (unpaired) electrons. The van der Waals surface area contributed by atoms with E-state index in [2.05, 4.69) is 115 Å². The number of H-pyrrole nitrogens is 2. The first-order valence-electron chi connectivity index (χ1n) is 18.6. The largest absolute Gasteiger partial charge is 0.478 e. The third-order valence-corrected chi connectivity index (χ3v) is 10.6. The average Bonchev–Trinajstić information content (AvgIpc) is 3.85. The van der Waals surface area contributed by atoms with E-state index >= 15 is 0 Å². The second-order valence-electron chi connectivity index (χ2n) is 17.6. The summed E-state index contributed by atoms with van der Waals surface area (Å²) < 4.78 is 0. The Morgan fingerprint density at radius 1 is 0.491 bits per heavy atom. The third kappa shape index (κ3) is 5.58. The van der Waals surface area contributed by atoms with Gasteiger partial charge in [-0.2, -0.15) is 0 Å². The Morgan fingerprint density at radius 3 is 1.38 bits per heavy atom. The molecule has 274 valence electrons. The van der Waals surface area contributed by atoms with Crippen molar-refractivity contribution >= 4 is 50.1 Å². The number of aromatic nitrogens is 8. The van der Waals surface area contributed by atoms with Crippen LogP contribution in [0.3, 0.4) is 0 Å². The van der Waals surface area contributed by atoms with Crippen molar-refractivity contribution in [2.45, 2.75) is 78.6 Å². The minimum Gasteiger partial charge on any atom is -0.478 e. The number of carboxylic acid groups (broad SMARTS) is 1. The highest BCUT2D eigenvalue weighted by Gasteiger charge is 2.28. The van der Waals surface area contributed by atoms with Gasteiger partial charge in [-0.25, -0.2) is 34.7 Å². The summed E-state index contributed by atoms with van der Waals surface area (Å²) in [7, 11) is 0. The Bertz CT molecular complexity index is 2950. The number of aromatic amines is 2. The summed E-state index contributed by atoms with van der Waals surface area (Å²) >= 11 is 0. The number of carbonyl (C=O) groups is 1. The molecule has 0 aliphatic carbocycles. The molecule has 3 aromatic heterocycles. The van der Waals surface area contributed by atoms with Crippen molar-refractivity contribution in [3.05, 3.63) is 95.1 Å². The number of nitrogens with one attached hydrogen (secondary N) is 2. The lowest BCUT2D eigenvalue weighted by molar-refractivity contribution is 0.0697. The van der Waals surface area contributed by atoms with Gasteiger partial charge in [0.15, 0.2) is 23.3 Å². The number of carboxylic acids is 1. The average molecular weight is 727 g/mol. The van der Waals surface area contributed by atoms with Crippen molar-refractivity contribution in [1.82, 2.24) is 39.9 Å². The maximum absolute atomic E-state index is 12.2. The molecule has 0 spiro atoms. The van der Waals surface area contributed by atoms with E-state index in [1.165, 1.54) is 5.56 Å². The Balaban J connectivity index is 1.51. The van der Waals surface area contributed by atoms with Gasteiger partial charge in [-0.15, -0.1) is 0 Å². The number of aromatic carboxylic acids is 1. The van der Waals surface area contributed by atoms with E-state index in [0.717, 1.165) is 43.8 Å². The zero-order valence-electron chi connectivity index (χ0n) is 32.5. The molecular formula is C45H42N8O2. The van der Waals surface area contributed by atoms with E-state index < -0.39 is 5.97 Å². The predicted molar refractivity (Wildman–Crippen MR) is 219 cm³/mol. The fourth-order valence-corrected chi connectivity index (χ4v) is 7.74. The molecule has 0 saturated carbocycles. The number of benzene rings is 4. The summed E-state index contributed by atoms with van der Waals surface area (Å²) in [5, 5.41) is 13.6. The second kappa shape index (κ2) is 11.6. The quantitative estimate of drug-likeness (QED) is 0.151. The van der Waals surface area contributed by atoms with Gasteiger partial charge in [0.05, 0.1) is 5.56 Å². The first-order chi connectivity index (χ1) is 26.0. The lowest BCUT2D eigenvalue weighted by Gasteiger charge is -2.20. The Hall–Kier alpha value is -6.29. The molecular weight excluding hydrogens is 685 g/mol. The van der Waals surface area contributed by atoms with Crippen LogP contribution in [0, 0.1) is 0 Å². The number of hydrogen-bond acceptors (Lipinski definition) is 7. The minimum absolute atomic E-state index is 0.102. The van der Waals surface area contributed by atoms with Crippen LogP contribution >= 0.6 is 0 Å². The fourth-order valence-electron chi connectivity index (χ4n) is 7.74. The molecule has 0 saturated heterocycles. The fraction of sp³-hybridized carbons (Fsp3) is 0.267. The zero-order chi connectivity index (χ0) is 38.8. The molecule has 0 amide bonds. The van der Waals surface area contributed by atoms with Crippen LogP contribution in [0.5, 0.6) is 0 Å². The topological polar surface area (TPSA) is 146 Å². The Morgan fingerprint density at radius 2 is 0.927 bits per heavy atom. The molecule has 10 nitrogen and oxygen atoms in total. The van der Waals surface area contributed by atoms with Crippen molar-refractivity contribution < 1.29 is 9.90 Å². The monoisotopic (exact) mass is 726 g/mol. The highest BCUT2D eigenvalue weighted by molar-refractivity contribution is 6.09. The molecule has 8 bridgehead atoms. The highest BCUT2D eigenvalue weighted by atomic mass is 16.4. The lowest BCUT2D eigenvalue weighted by atomic mass is 9.84. The third-order valence-electron chi connectivity index (χ3n) is 10.6. The van der Waals surface area contributed by atoms with E-state index in [1.54, 1.807) is 18.2 Å². The summed E-state index contributed by atoms with van der Waals surface area (Å²) in [6.45, 7) is 19.7. The normalized spacial score (nSPS) is 13.0. The van der Waals surface area contributed by atoms with Crippen molar-refractivity contribution in [1.29, 1.82) is 0 Å². The molecule has 9 rings (SSSR count). The van der Waals surface area contributed by atoms with E-state index in [0.29, 0.717) is 57.0 Å². The van der Waals surface area contributed by atoms with Gasteiger partial charge in [0.25, 0.3) is 0 Å². The van der Waals surface area contributed by atoms with Gasteiger partial charge in [-0.05, 0) is 57.2 Å². The number of rotatable bonds is 1. The van der Waals surface area contributed by atoms with E-state index in [9.17, 15) is 9.90 Å². The van der Waals surface area contributed by atoms with Crippen molar-refractivity contribution in [2.24, 2.45) is 0 Å². The van der Waals surface area contributed by atoms with Gasteiger partial charge in [-0.3, -0.25) is 0 Å². The van der Waals surface area contributed by atoms with Crippen LogP contribution in [0.2, 0.25) is 0 Å². The van der Waals surface area contributed by atoms with Crippen molar-refractivity contribution in [3.8, 4) is 45.6 Å². The molecule has 55 heavy (non-hydrogen) atoms. The van der Waals surface area contributed by atoms with Crippen LogP contribution in [0.1, 0.15) is 89.4 Å². The minimum atomic E-state index is -1.04. The van der Waals surface area contributed by atoms with Gasteiger partial charge >= 0.3 is 5.97 Å². The van der Waals surface area contributed by atoms with E-state index in [-0.39, 0.29) is 21.8 Å². The molecule has 0 unspecified atom stereocenters. The molecule has 0 fully saturated rings. The maximum atomic E-state index is 12.2. The SMILES string of the molecule is CC(C)(C)c1ccc2c(c1)-c1nc-2nc2[nH]c(nc3nc(nc4[nH]c(n1)c1cccc(C(C)(C)C)c41)-c1ccc(C(=O)O)cc1-3)c1cccc(C(C)(C)C)c21. The standard InChI is InChI=1S/C45H42N8O2/c1-43(2,3)23-17-19-25-29(21-23)39-47-35(25)51-41-32-26(12-10-14-30(32)44(4,5)6)36(52-41)48-38-28-20-22(42(54)55)16-18-24(28)34(46-38)50-40-33-27(37(49-39)53-40)13-11-15-31(33)45(7,8)9/h10-21H,1-9H3,(H,54,55)(H2,46,47,48,49,50,51,52,53). The summed E-state index contributed by atoms with van der Waals surface area (Å²) in [4.78, 5) is 50.4. The molecule has 10 heteroatoms. The van der Waals surface area contributed by atoms with E-state index in [4.69, 9.17) is 29.9 Å². The summed E-state index contributed by atoms with van der Waals surface area (Å²) in [6, 6.07) is 23.8. The van der Waals surface area contributed by atoms with Crippen LogP contribution in [0.25, 0.3) is 89.7 Å². The summed E-state index contributed by atoms with van der Waals surface area (Å²) in [5.74, 6) is 0.833. The van der Waals surface area contributed by atoms with Gasteiger partial charge in [-0.1, -0.05) is 111 Å². The van der Waals surface area contributed by atoms with Crippen molar-refractivity contribution in [2.75, 3.05) is 0 Å². The van der Waals surface area contributed by atoms with Crippen LogP contribution in [-0.4, -0.2) is 50.9 Å². The smallest absolute Gasteiger partial charge is 0.335 e. The molecule has 3 N–H and O–H groups in total. The van der Waals surface area contributed by atoms with Gasteiger partial charge in [0.2, 0.25) is 0 Å². The predicted octanol–water partition coefficient (Wildman–Crippen LogP) is 10.5. The first kappa shape index (κ1) is 34.5. The molecule has 7 aromatic rings. The van der Waals surface area contributed by atoms with Gasteiger partial charge < -0.3 is 15.1 Å². The number of hydrogen-bond donors (Lipinski definition) is 3. The van der Waals surface area contributed by atoms with Gasteiger partial charge in [0.1, 0.15) is 22.6 Å². The molecule has 4 aromatic carbocycles. The van der Waals surface area contributed by atoms with Crippen molar-refractivity contribution in [3.63, 3.8) is 0 Å². The number of nitrogens with zero attached hydrogens (tertiary/aromatic N) is 6. The molecule has 0 atom stereocenters. The Kier molecular flexibility index (Phi) is 7.27. The first-order valence-corrected chi connectivity index (χ1v) is 18.6. The van der Waals surface area contributed by atoms with Crippen LogP contribution in [0.4, 0.5) is 0 Å². The highest BCUT2D eigenvalue weighted by Crippen LogP contribution is 2.41.